The molecule has 1 fully saturated rings. The summed E-state index contributed by atoms with van der Waals surface area (Å²) in [5, 5.41) is 13.5. The predicted molar refractivity (Wildman–Crippen MR) is 147 cm³/mol. The second kappa shape index (κ2) is 10.4. The first-order chi connectivity index (χ1) is 18.6. The molecule has 2 aromatic heterocycles. The number of halogens is 1. The number of amides is 1. The van der Waals surface area contributed by atoms with Crippen molar-refractivity contribution in [3.8, 4) is 22.5 Å². The lowest BCUT2D eigenvalue weighted by atomic mass is 9.99. The first-order valence-corrected chi connectivity index (χ1v) is 13.1. The van der Waals surface area contributed by atoms with E-state index in [1.807, 2.05) is 59.5 Å². The molecule has 0 saturated carbocycles. The minimum atomic E-state index is -0.103. The summed E-state index contributed by atoms with van der Waals surface area (Å²) in [6, 6.07) is 19.6. The van der Waals surface area contributed by atoms with Crippen LogP contribution in [0.3, 0.4) is 0 Å². The average molecular weight is 527 g/mol. The van der Waals surface area contributed by atoms with Crippen LogP contribution in [0.2, 0.25) is 5.02 Å². The Morgan fingerprint density at radius 1 is 0.921 bits per heavy atom. The van der Waals surface area contributed by atoms with Gasteiger partial charge in [0.25, 0.3) is 5.91 Å². The molecule has 1 N–H and O–H groups in total. The van der Waals surface area contributed by atoms with Crippen LogP contribution in [0.4, 0.5) is 0 Å². The van der Waals surface area contributed by atoms with Crippen LogP contribution in [-0.2, 0) is 13.0 Å². The van der Waals surface area contributed by atoms with Crippen molar-refractivity contribution < 1.29 is 14.4 Å². The van der Waals surface area contributed by atoms with Gasteiger partial charge in [-0.15, -0.1) is 0 Å². The standard InChI is InChI=1S/C30H27ClN4O3/c31-24-5-1-20(2-6-24)19-34-13-15-35(16-14-34)30(36)28-18-26(21-9-11-32-12-10-21)29(38-28)23-3-7-25-22(17-23)4-8-27(25)33-37/h1-3,5-7,9-12,17-18,37H,4,8,13-16,19H2/b33-27+. The van der Waals surface area contributed by atoms with Gasteiger partial charge in [0.15, 0.2) is 5.76 Å². The number of carbonyl (C=O) groups is 1. The van der Waals surface area contributed by atoms with Gasteiger partial charge < -0.3 is 14.5 Å². The number of hydrogen-bond acceptors (Lipinski definition) is 6. The minimum Gasteiger partial charge on any atom is -0.450 e. The molecule has 2 aliphatic rings. The second-order valence-electron chi connectivity index (χ2n) is 9.70. The Labute approximate surface area is 226 Å². The number of aryl methyl sites for hydroxylation is 1. The summed E-state index contributed by atoms with van der Waals surface area (Å²) in [5.74, 6) is 0.878. The van der Waals surface area contributed by atoms with E-state index in [-0.39, 0.29) is 5.91 Å². The fourth-order valence-electron chi connectivity index (χ4n) is 5.28. The number of rotatable bonds is 5. The normalized spacial score (nSPS) is 16.7. The van der Waals surface area contributed by atoms with Gasteiger partial charge in [-0.1, -0.05) is 41.0 Å². The molecule has 1 aliphatic carbocycles. The summed E-state index contributed by atoms with van der Waals surface area (Å²) in [5.41, 5.74) is 6.65. The maximum atomic E-state index is 13.5. The van der Waals surface area contributed by atoms with Crippen LogP contribution >= 0.6 is 11.6 Å². The number of hydrogen-bond donors (Lipinski definition) is 1. The summed E-state index contributed by atoms with van der Waals surface area (Å²) in [4.78, 5) is 21.9. The maximum Gasteiger partial charge on any atom is 0.289 e. The summed E-state index contributed by atoms with van der Waals surface area (Å²) >= 11 is 6.01. The molecule has 3 heterocycles. The van der Waals surface area contributed by atoms with Crippen molar-refractivity contribution in [1.29, 1.82) is 0 Å². The number of nitrogens with zero attached hydrogens (tertiary/aromatic N) is 4. The topological polar surface area (TPSA) is 82.2 Å². The quantitative estimate of drug-likeness (QED) is 0.265. The highest BCUT2D eigenvalue weighted by Crippen LogP contribution is 2.37. The molecular formula is C30H27ClN4O3. The number of benzene rings is 2. The van der Waals surface area contributed by atoms with Crippen molar-refractivity contribution >= 4 is 23.2 Å². The largest absolute Gasteiger partial charge is 0.450 e. The molecule has 192 valence electrons. The molecule has 0 bridgehead atoms. The highest BCUT2D eigenvalue weighted by atomic mass is 35.5. The lowest BCUT2D eigenvalue weighted by Crippen LogP contribution is -2.48. The van der Waals surface area contributed by atoms with E-state index >= 15 is 0 Å². The van der Waals surface area contributed by atoms with Gasteiger partial charge in [0.1, 0.15) is 5.76 Å². The Kier molecular flexibility index (Phi) is 6.70. The van der Waals surface area contributed by atoms with E-state index in [0.717, 1.165) is 58.9 Å². The van der Waals surface area contributed by atoms with Crippen LogP contribution < -0.4 is 0 Å². The van der Waals surface area contributed by atoms with Crippen LogP contribution in [-0.4, -0.2) is 57.8 Å². The van der Waals surface area contributed by atoms with Gasteiger partial charge in [-0.05, 0) is 65.9 Å². The molecule has 0 atom stereocenters. The summed E-state index contributed by atoms with van der Waals surface area (Å²) < 4.78 is 6.30. The van der Waals surface area contributed by atoms with Gasteiger partial charge in [-0.2, -0.15) is 0 Å². The monoisotopic (exact) mass is 526 g/mol. The van der Waals surface area contributed by atoms with E-state index in [1.54, 1.807) is 12.4 Å². The molecule has 1 amide bonds. The maximum absolute atomic E-state index is 13.5. The molecule has 8 heteroatoms. The lowest BCUT2D eigenvalue weighted by molar-refractivity contribution is 0.0598. The predicted octanol–water partition coefficient (Wildman–Crippen LogP) is 5.74. The molecule has 2 aromatic carbocycles. The number of pyridine rings is 1. The highest BCUT2D eigenvalue weighted by molar-refractivity contribution is 6.30. The second-order valence-corrected chi connectivity index (χ2v) is 10.1. The van der Waals surface area contributed by atoms with Gasteiger partial charge in [-0.3, -0.25) is 14.7 Å². The Bertz CT molecular complexity index is 1490. The fourth-order valence-corrected chi connectivity index (χ4v) is 5.41. The van der Waals surface area contributed by atoms with Crippen LogP contribution in [0, 0.1) is 0 Å². The molecule has 38 heavy (non-hydrogen) atoms. The van der Waals surface area contributed by atoms with Crippen molar-refractivity contribution in [2.75, 3.05) is 26.2 Å². The first kappa shape index (κ1) is 24.4. The molecule has 7 nitrogen and oxygen atoms in total. The third-order valence-corrected chi connectivity index (χ3v) is 7.60. The molecule has 0 spiro atoms. The molecule has 1 saturated heterocycles. The molecule has 1 aliphatic heterocycles. The molecule has 4 aromatic rings. The van der Waals surface area contributed by atoms with Crippen molar-refractivity contribution in [2.45, 2.75) is 19.4 Å². The van der Waals surface area contributed by atoms with Crippen molar-refractivity contribution in [1.82, 2.24) is 14.8 Å². The van der Waals surface area contributed by atoms with E-state index in [2.05, 4.69) is 21.1 Å². The summed E-state index contributed by atoms with van der Waals surface area (Å²) in [6.07, 6.45) is 4.98. The Morgan fingerprint density at radius 2 is 1.68 bits per heavy atom. The zero-order valence-corrected chi connectivity index (χ0v) is 21.6. The zero-order chi connectivity index (χ0) is 26.1. The number of piperazine rings is 1. The van der Waals surface area contributed by atoms with Crippen molar-refractivity contribution in [2.24, 2.45) is 5.16 Å². The Morgan fingerprint density at radius 3 is 2.42 bits per heavy atom. The molecular weight excluding hydrogens is 500 g/mol. The van der Waals surface area contributed by atoms with Gasteiger partial charge in [0.05, 0.1) is 5.71 Å². The third kappa shape index (κ3) is 4.83. The summed E-state index contributed by atoms with van der Waals surface area (Å²) in [7, 11) is 0. The minimum absolute atomic E-state index is 0.103. The van der Waals surface area contributed by atoms with E-state index < -0.39 is 0 Å². The zero-order valence-electron chi connectivity index (χ0n) is 20.8. The van der Waals surface area contributed by atoms with Gasteiger partial charge >= 0.3 is 0 Å². The van der Waals surface area contributed by atoms with Gasteiger partial charge in [-0.25, -0.2) is 0 Å². The Balaban J connectivity index is 1.24. The van der Waals surface area contributed by atoms with Gasteiger partial charge in [0, 0.05) is 66.8 Å². The smallest absolute Gasteiger partial charge is 0.289 e. The van der Waals surface area contributed by atoms with Crippen LogP contribution in [0.1, 0.15) is 33.7 Å². The number of oxime groups is 1. The first-order valence-electron chi connectivity index (χ1n) is 12.7. The number of furan rings is 1. The third-order valence-electron chi connectivity index (χ3n) is 7.34. The number of carbonyl (C=O) groups excluding carboxylic acids is 1. The SMILES string of the molecule is O=C(c1cc(-c2ccncc2)c(-c2ccc3c(c2)CC/C3=N\O)o1)N1CCN(Cc2ccc(Cl)cc2)CC1. The van der Waals surface area contributed by atoms with E-state index in [0.29, 0.717) is 36.7 Å². The highest BCUT2D eigenvalue weighted by Gasteiger charge is 2.27. The van der Waals surface area contributed by atoms with Crippen LogP contribution in [0.5, 0.6) is 0 Å². The van der Waals surface area contributed by atoms with Crippen molar-refractivity contribution in [3.05, 3.63) is 101 Å². The molecule has 0 radical (unpaired) electrons. The number of aromatic nitrogens is 1. The molecule has 0 unspecified atom stereocenters. The number of fused-ring (bicyclic) bond motifs is 1. The lowest BCUT2D eigenvalue weighted by Gasteiger charge is -2.34. The van der Waals surface area contributed by atoms with Crippen molar-refractivity contribution in [3.63, 3.8) is 0 Å². The van der Waals surface area contributed by atoms with E-state index in [4.69, 9.17) is 16.0 Å². The Hall–Kier alpha value is -3.94. The van der Waals surface area contributed by atoms with Crippen LogP contribution in [0.15, 0.2) is 82.6 Å². The van der Waals surface area contributed by atoms with E-state index in [9.17, 15) is 10.0 Å². The van der Waals surface area contributed by atoms with Gasteiger partial charge in [0.2, 0.25) is 0 Å². The summed E-state index contributed by atoms with van der Waals surface area (Å²) in [6.45, 7) is 3.68. The fraction of sp³-hybridized carbons (Fsp3) is 0.233. The molecule has 6 rings (SSSR count). The average Bonchev–Trinajstić information content (AvgIpc) is 3.59. The van der Waals surface area contributed by atoms with Crippen LogP contribution in [0.25, 0.3) is 22.5 Å². The van der Waals surface area contributed by atoms with E-state index in [1.165, 1.54) is 5.56 Å².